The molecule has 0 aliphatic heterocycles. The molecule has 0 fully saturated rings. The molecule has 3 rings (SSSR count). The van der Waals surface area contributed by atoms with Gasteiger partial charge in [0.2, 0.25) is 0 Å². The molecule has 0 heterocycles. The van der Waals surface area contributed by atoms with Crippen LogP contribution in [0.3, 0.4) is 0 Å². The van der Waals surface area contributed by atoms with Crippen LogP contribution in [0.25, 0.3) is 11.1 Å². The summed E-state index contributed by atoms with van der Waals surface area (Å²) in [7, 11) is 1.92. The van der Waals surface area contributed by atoms with Gasteiger partial charge < -0.3 is 9.47 Å². The zero-order chi connectivity index (χ0) is 22.1. The molecular weight excluding hydrogens is 454 g/mol. The second-order valence-electron chi connectivity index (χ2n) is 7.38. The van der Waals surface area contributed by atoms with Crippen LogP contribution in [0.15, 0.2) is 83.3 Å². The van der Waals surface area contributed by atoms with Gasteiger partial charge in [-0.2, -0.15) is 0 Å². The Hall–Kier alpha value is -2.63. The van der Waals surface area contributed by atoms with E-state index in [9.17, 15) is 4.79 Å². The summed E-state index contributed by atoms with van der Waals surface area (Å²) >= 11 is 3.48. The van der Waals surface area contributed by atoms with E-state index >= 15 is 0 Å². The van der Waals surface area contributed by atoms with Crippen molar-refractivity contribution in [3.05, 3.63) is 88.9 Å². The Bertz CT molecular complexity index is 943. The van der Waals surface area contributed by atoms with Gasteiger partial charge in [-0.05, 0) is 54.9 Å². The molecule has 0 N–H and O–H groups in total. The number of nitrogens with zero attached hydrogens (tertiary/aromatic N) is 1. The third-order valence-electron chi connectivity index (χ3n) is 4.96. The largest absolute Gasteiger partial charge is 0.486 e. The Morgan fingerprint density at radius 3 is 2.16 bits per heavy atom. The number of ether oxygens (including phenoxy) is 2. The number of hydrogen-bond donors (Lipinski definition) is 0. The molecule has 1 atom stereocenters. The fourth-order valence-corrected chi connectivity index (χ4v) is 3.60. The van der Waals surface area contributed by atoms with Crippen LogP contribution in [0.5, 0.6) is 5.75 Å². The first-order valence-electron chi connectivity index (χ1n) is 10.5. The lowest BCUT2D eigenvalue weighted by molar-refractivity contribution is -0.144. The lowest BCUT2D eigenvalue weighted by Crippen LogP contribution is -2.29. The van der Waals surface area contributed by atoms with E-state index in [2.05, 4.69) is 52.3 Å². The van der Waals surface area contributed by atoms with E-state index in [1.165, 1.54) is 0 Å². The standard InChI is InChI=1S/C26H28BrNO3/c1-3-30-26(29)19-28(2)18-17-25(22-7-5-4-6-8-22)31-24-15-11-21(12-16-24)20-9-13-23(27)14-10-20/h4-16,25H,3,17-19H2,1-2H3. The number of halogens is 1. The number of hydrogen-bond acceptors (Lipinski definition) is 4. The summed E-state index contributed by atoms with van der Waals surface area (Å²) in [6.07, 6.45) is 0.651. The highest BCUT2D eigenvalue weighted by Crippen LogP contribution is 2.28. The Morgan fingerprint density at radius 1 is 0.935 bits per heavy atom. The minimum Gasteiger partial charge on any atom is -0.486 e. The van der Waals surface area contributed by atoms with Crippen molar-refractivity contribution in [3.63, 3.8) is 0 Å². The fourth-order valence-electron chi connectivity index (χ4n) is 3.34. The second-order valence-corrected chi connectivity index (χ2v) is 8.30. The molecule has 0 spiro atoms. The summed E-state index contributed by atoms with van der Waals surface area (Å²) in [5, 5.41) is 0. The van der Waals surface area contributed by atoms with E-state index < -0.39 is 0 Å². The van der Waals surface area contributed by atoms with Gasteiger partial charge in [0.15, 0.2) is 0 Å². The minimum absolute atomic E-state index is 0.107. The molecule has 0 saturated heterocycles. The van der Waals surface area contributed by atoms with E-state index in [-0.39, 0.29) is 18.6 Å². The van der Waals surface area contributed by atoms with Crippen LogP contribution in [0.2, 0.25) is 0 Å². The highest BCUT2D eigenvalue weighted by molar-refractivity contribution is 9.10. The maximum atomic E-state index is 11.7. The predicted octanol–water partition coefficient (Wildman–Crippen LogP) is 6.12. The summed E-state index contributed by atoms with van der Waals surface area (Å²) in [6, 6.07) is 26.6. The maximum absolute atomic E-state index is 11.7. The SMILES string of the molecule is CCOC(=O)CN(C)CCC(Oc1ccc(-c2ccc(Br)cc2)cc1)c1ccccc1. The lowest BCUT2D eigenvalue weighted by Gasteiger charge is -2.23. The van der Waals surface area contributed by atoms with Crippen LogP contribution in [-0.4, -0.2) is 37.6 Å². The fraction of sp³-hybridized carbons (Fsp3) is 0.269. The lowest BCUT2D eigenvalue weighted by atomic mass is 10.0. The van der Waals surface area contributed by atoms with Crippen LogP contribution >= 0.6 is 15.9 Å². The van der Waals surface area contributed by atoms with Gasteiger partial charge in [0.25, 0.3) is 0 Å². The normalized spacial score (nSPS) is 11.9. The van der Waals surface area contributed by atoms with Gasteiger partial charge in [-0.15, -0.1) is 0 Å². The molecule has 3 aromatic carbocycles. The summed E-state index contributed by atoms with van der Waals surface area (Å²) in [6.45, 7) is 3.21. The number of benzene rings is 3. The molecule has 0 aliphatic rings. The molecule has 0 aromatic heterocycles. The molecule has 3 aromatic rings. The van der Waals surface area contributed by atoms with Crippen molar-refractivity contribution in [2.24, 2.45) is 0 Å². The van der Waals surface area contributed by atoms with Gasteiger partial charge in [-0.3, -0.25) is 9.69 Å². The smallest absolute Gasteiger partial charge is 0.320 e. The predicted molar refractivity (Wildman–Crippen MR) is 128 cm³/mol. The van der Waals surface area contributed by atoms with E-state index in [0.29, 0.717) is 6.61 Å². The molecule has 0 aliphatic carbocycles. The van der Waals surface area contributed by atoms with Crippen molar-refractivity contribution in [2.75, 3.05) is 26.7 Å². The summed E-state index contributed by atoms with van der Waals surface area (Å²) in [4.78, 5) is 13.7. The number of carbonyl (C=O) groups is 1. The van der Waals surface area contributed by atoms with Crippen molar-refractivity contribution in [1.82, 2.24) is 4.90 Å². The van der Waals surface area contributed by atoms with Crippen molar-refractivity contribution in [1.29, 1.82) is 0 Å². The van der Waals surface area contributed by atoms with Crippen LogP contribution in [0, 0.1) is 0 Å². The van der Waals surface area contributed by atoms with Crippen LogP contribution in [0.4, 0.5) is 0 Å². The molecule has 0 bridgehead atoms. The Labute approximate surface area is 192 Å². The second kappa shape index (κ2) is 11.7. The van der Waals surface area contributed by atoms with Gasteiger partial charge in [0, 0.05) is 17.4 Å². The molecule has 5 heteroatoms. The third-order valence-corrected chi connectivity index (χ3v) is 5.49. The zero-order valence-electron chi connectivity index (χ0n) is 18.0. The summed E-state index contributed by atoms with van der Waals surface area (Å²) in [5.74, 6) is 0.619. The molecule has 0 radical (unpaired) electrons. The van der Waals surface area contributed by atoms with Crippen molar-refractivity contribution >= 4 is 21.9 Å². The Kier molecular flexibility index (Phi) is 8.68. The van der Waals surface area contributed by atoms with Gasteiger partial charge in [-0.25, -0.2) is 0 Å². The molecule has 0 amide bonds. The Balaban J connectivity index is 1.67. The van der Waals surface area contributed by atoms with Crippen molar-refractivity contribution < 1.29 is 14.3 Å². The molecule has 1 unspecified atom stereocenters. The van der Waals surface area contributed by atoms with E-state index in [1.807, 2.05) is 61.3 Å². The number of likely N-dealkylation sites (N-methyl/N-ethyl adjacent to an activating group) is 1. The Morgan fingerprint density at radius 2 is 1.55 bits per heavy atom. The average Bonchev–Trinajstić information content (AvgIpc) is 2.78. The zero-order valence-corrected chi connectivity index (χ0v) is 19.5. The van der Waals surface area contributed by atoms with E-state index in [0.717, 1.165) is 39.9 Å². The molecule has 31 heavy (non-hydrogen) atoms. The van der Waals surface area contributed by atoms with Crippen molar-refractivity contribution in [3.8, 4) is 16.9 Å². The minimum atomic E-state index is -0.203. The molecule has 4 nitrogen and oxygen atoms in total. The topological polar surface area (TPSA) is 38.8 Å². The van der Waals surface area contributed by atoms with Crippen LogP contribution in [-0.2, 0) is 9.53 Å². The molecule has 162 valence electrons. The number of carbonyl (C=O) groups excluding carboxylic acids is 1. The first-order chi connectivity index (χ1) is 15.0. The van der Waals surface area contributed by atoms with Crippen molar-refractivity contribution in [2.45, 2.75) is 19.4 Å². The highest BCUT2D eigenvalue weighted by atomic mass is 79.9. The first kappa shape index (κ1) is 23.0. The highest BCUT2D eigenvalue weighted by Gasteiger charge is 2.16. The van der Waals surface area contributed by atoms with E-state index in [1.54, 1.807) is 0 Å². The van der Waals surface area contributed by atoms with Gasteiger partial charge >= 0.3 is 5.97 Å². The summed E-state index contributed by atoms with van der Waals surface area (Å²) < 4.78 is 12.5. The van der Waals surface area contributed by atoms with Gasteiger partial charge in [0.1, 0.15) is 11.9 Å². The maximum Gasteiger partial charge on any atom is 0.320 e. The third kappa shape index (κ3) is 7.23. The quantitative estimate of drug-likeness (QED) is 0.327. The molecular formula is C26H28BrNO3. The van der Waals surface area contributed by atoms with E-state index in [4.69, 9.17) is 9.47 Å². The number of rotatable bonds is 10. The number of esters is 1. The van der Waals surface area contributed by atoms with Crippen LogP contribution in [0.1, 0.15) is 25.0 Å². The average molecular weight is 482 g/mol. The van der Waals surface area contributed by atoms with Gasteiger partial charge in [-0.1, -0.05) is 70.5 Å². The summed E-state index contributed by atoms with van der Waals surface area (Å²) in [5.41, 5.74) is 3.42. The monoisotopic (exact) mass is 481 g/mol. The van der Waals surface area contributed by atoms with Gasteiger partial charge in [0.05, 0.1) is 13.2 Å². The first-order valence-corrected chi connectivity index (χ1v) is 11.3. The molecule has 0 saturated carbocycles. The van der Waals surface area contributed by atoms with Crippen LogP contribution < -0.4 is 4.74 Å².